The fourth-order valence-corrected chi connectivity index (χ4v) is 2.70. The highest BCUT2D eigenvalue weighted by molar-refractivity contribution is 7.13. The topological polar surface area (TPSA) is 43.8 Å². The van der Waals surface area contributed by atoms with Crippen LogP contribution in [0.1, 0.15) is 5.56 Å². The number of nitrogens with two attached hydrogens (primary N) is 1. The van der Waals surface area contributed by atoms with Crippen LogP contribution < -0.4 is 5.73 Å². The van der Waals surface area contributed by atoms with Crippen molar-refractivity contribution in [1.82, 2.24) is 9.55 Å². The maximum absolute atomic E-state index is 13.3. The summed E-state index contributed by atoms with van der Waals surface area (Å²) in [5.74, 6) is 0.598. The average Bonchev–Trinajstić information content (AvgIpc) is 3.03. The van der Waals surface area contributed by atoms with E-state index in [1.165, 1.54) is 12.1 Å². The zero-order chi connectivity index (χ0) is 13.2. The third-order valence-electron chi connectivity index (χ3n) is 2.90. The average molecular weight is 273 g/mol. The van der Waals surface area contributed by atoms with Gasteiger partial charge in [-0.05, 0) is 35.2 Å². The molecule has 2 aromatic heterocycles. The number of aromatic nitrogens is 2. The molecule has 0 aliphatic carbocycles. The van der Waals surface area contributed by atoms with Crippen molar-refractivity contribution in [3.63, 3.8) is 0 Å². The smallest absolute Gasteiger partial charge is 0.150 e. The summed E-state index contributed by atoms with van der Waals surface area (Å²) >= 11 is 1.62. The first kappa shape index (κ1) is 11.9. The van der Waals surface area contributed by atoms with E-state index in [0.29, 0.717) is 12.2 Å². The van der Waals surface area contributed by atoms with Crippen LogP contribution in [0.3, 0.4) is 0 Å². The van der Waals surface area contributed by atoms with Gasteiger partial charge in [-0.25, -0.2) is 9.37 Å². The molecule has 0 aliphatic rings. The Balaban J connectivity index is 1.96. The van der Waals surface area contributed by atoms with Crippen molar-refractivity contribution in [3.8, 4) is 10.7 Å². The minimum absolute atomic E-state index is 0.276. The van der Waals surface area contributed by atoms with Gasteiger partial charge in [0, 0.05) is 18.1 Å². The van der Waals surface area contributed by atoms with Crippen LogP contribution in [0.5, 0.6) is 0 Å². The molecule has 3 aromatic rings. The lowest BCUT2D eigenvalue weighted by molar-refractivity contribution is 0.624. The molecule has 2 heterocycles. The Hall–Kier alpha value is -2.14. The van der Waals surface area contributed by atoms with Crippen LogP contribution in [0.25, 0.3) is 10.7 Å². The minimum Gasteiger partial charge on any atom is -0.398 e. The van der Waals surface area contributed by atoms with Gasteiger partial charge in [0.15, 0.2) is 0 Å². The fraction of sp³-hybridized carbons (Fsp3) is 0.0714. The molecule has 3 rings (SSSR count). The van der Waals surface area contributed by atoms with E-state index in [-0.39, 0.29) is 5.82 Å². The van der Waals surface area contributed by atoms with Gasteiger partial charge in [0.2, 0.25) is 0 Å². The molecule has 0 aliphatic heterocycles. The molecule has 0 radical (unpaired) electrons. The quantitative estimate of drug-likeness (QED) is 0.743. The summed E-state index contributed by atoms with van der Waals surface area (Å²) in [5.41, 5.74) is 7.23. The molecule has 0 spiro atoms. The molecule has 0 amide bonds. The van der Waals surface area contributed by atoms with Crippen molar-refractivity contribution in [2.75, 3.05) is 5.73 Å². The van der Waals surface area contributed by atoms with Crippen LogP contribution in [0.2, 0.25) is 0 Å². The maximum atomic E-state index is 13.3. The van der Waals surface area contributed by atoms with E-state index >= 15 is 0 Å². The summed E-state index contributed by atoms with van der Waals surface area (Å²) in [7, 11) is 0. The maximum Gasteiger partial charge on any atom is 0.150 e. The van der Waals surface area contributed by atoms with Crippen molar-refractivity contribution >= 4 is 17.0 Å². The Morgan fingerprint density at radius 3 is 3.00 bits per heavy atom. The minimum atomic E-state index is -0.276. The zero-order valence-electron chi connectivity index (χ0n) is 10.1. The van der Waals surface area contributed by atoms with E-state index in [0.717, 1.165) is 16.3 Å². The first-order chi connectivity index (χ1) is 9.24. The number of nitrogens with zero attached hydrogens (tertiary/aromatic N) is 2. The van der Waals surface area contributed by atoms with Crippen LogP contribution in [-0.4, -0.2) is 9.55 Å². The van der Waals surface area contributed by atoms with Crippen LogP contribution in [0.15, 0.2) is 48.1 Å². The molecule has 0 saturated carbocycles. The van der Waals surface area contributed by atoms with Gasteiger partial charge in [-0.2, -0.15) is 0 Å². The molecule has 3 nitrogen and oxygen atoms in total. The van der Waals surface area contributed by atoms with Gasteiger partial charge in [-0.1, -0.05) is 6.07 Å². The normalized spacial score (nSPS) is 10.8. The van der Waals surface area contributed by atoms with Crippen molar-refractivity contribution in [2.24, 2.45) is 0 Å². The molecule has 0 unspecified atom stereocenters. The Bertz CT molecular complexity index is 689. The van der Waals surface area contributed by atoms with E-state index in [1.807, 2.05) is 28.3 Å². The summed E-state index contributed by atoms with van der Waals surface area (Å²) in [6, 6.07) is 8.42. The second-order valence-corrected chi connectivity index (χ2v) is 5.15. The molecule has 5 heteroatoms. The first-order valence-corrected chi connectivity index (χ1v) is 6.71. The first-order valence-electron chi connectivity index (χ1n) is 5.83. The zero-order valence-corrected chi connectivity index (χ0v) is 10.9. The summed E-state index contributed by atoms with van der Waals surface area (Å²) in [4.78, 5) is 5.43. The van der Waals surface area contributed by atoms with E-state index < -0.39 is 0 Å². The Labute approximate surface area is 114 Å². The van der Waals surface area contributed by atoms with Gasteiger partial charge in [0.05, 0.1) is 11.4 Å². The Morgan fingerprint density at radius 1 is 1.32 bits per heavy atom. The molecule has 1 aromatic carbocycles. The number of rotatable bonds is 3. The number of hydrogen-bond acceptors (Lipinski definition) is 3. The second-order valence-electron chi connectivity index (χ2n) is 4.20. The van der Waals surface area contributed by atoms with Gasteiger partial charge < -0.3 is 10.3 Å². The van der Waals surface area contributed by atoms with Crippen molar-refractivity contribution in [3.05, 3.63) is 59.5 Å². The molecule has 19 heavy (non-hydrogen) atoms. The third-order valence-corrected chi connectivity index (χ3v) is 3.77. The van der Waals surface area contributed by atoms with E-state index in [1.54, 1.807) is 23.6 Å². The molecule has 0 saturated heterocycles. The van der Waals surface area contributed by atoms with Crippen molar-refractivity contribution in [1.29, 1.82) is 0 Å². The lowest BCUT2D eigenvalue weighted by Crippen LogP contribution is -2.04. The second kappa shape index (κ2) is 4.85. The van der Waals surface area contributed by atoms with Crippen molar-refractivity contribution in [2.45, 2.75) is 6.54 Å². The largest absolute Gasteiger partial charge is 0.398 e. The number of thiophene rings is 1. The monoisotopic (exact) mass is 273 g/mol. The van der Waals surface area contributed by atoms with Crippen LogP contribution in [0, 0.1) is 5.82 Å². The third kappa shape index (κ3) is 2.37. The molecule has 2 N–H and O–H groups in total. The predicted molar refractivity (Wildman–Crippen MR) is 75.5 cm³/mol. The number of hydrogen-bond donors (Lipinski definition) is 1. The summed E-state index contributed by atoms with van der Waals surface area (Å²) < 4.78 is 15.2. The lowest BCUT2D eigenvalue weighted by atomic mass is 10.1. The van der Waals surface area contributed by atoms with Crippen LogP contribution >= 0.6 is 11.3 Å². The highest BCUT2D eigenvalue weighted by atomic mass is 32.1. The van der Waals surface area contributed by atoms with E-state index in [2.05, 4.69) is 4.98 Å². The van der Waals surface area contributed by atoms with Gasteiger partial charge in [-0.3, -0.25) is 0 Å². The van der Waals surface area contributed by atoms with Crippen LogP contribution in [-0.2, 0) is 6.54 Å². The van der Waals surface area contributed by atoms with Gasteiger partial charge >= 0.3 is 0 Å². The predicted octanol–water partition coefficient (Wildman–Crippen LogP) is 3.38. The highest BCUT2D eigenvalue weighted by Gasteiger charge is 2.09. The SMILES string of the molecule is Nc1ccc(F)cc1Cn1ccnc1-c1cccs1. The van der Waals surface area contributed by atoms with E-state index in [4.69, 9.17) is 5.73 Å². The molecule has 0 fully saturated rings. The standard InChI is InChI=1S/C14H12FN3S/c15-11-3-4-12(16)10(8-11)9-18-6-5-17-14(18)13-2-1-7-19-13/h1-8H,9,16H2. The van der Waals surface area contributed by atoms with Gasteiger partial charge in [0.1, 0.15) is 11.6 Å². The number of halogens is 1. The number of nitrogen functional groups attached to an aromatic ring is 1. The Morgan fingerprint density at radius 2 is 2.21 bits per heavy atom. The molecule has 96 valence electrons. The number of benzene rings is 1. The number of imidazole rings is 1. The van der Waals surface area contributed by atoms with Gasteiger partial charge in [-0.15, -0.1) is 11.3 Å². The highest BCUT2D eigenvalue weighted by Crippen LogP contribution is 2.24. The summed E-state index contributed by atoms with van der Waals surface area (Å²) in [5, 5.41) is 2.00. The lowest BCUT2D eigenvalue weighted by Gasteiger charge is -2.09. The number of anilines is 1. The molecule has 0 bridgehead atoms. The Kier molecular flexibility index (Phi) is 3.05. The van der Waals surface area contributed by atoms with E-state index in [9.17, 15) is 4.39 Å². The molecular weight excluding hydrogens is 261 g/mol. The molecule has 0 atom stereocenters. The van der Waals surface area contributed by atoms with Crippen molar-refractivity contribution < 1.29 is 4.39 Å². The van der Waals surface area contributed by atoms with Crippen LogP contribution in [0.4, 0.5) is 10.1 Å². The summed E-state index contributed by atoms with van der Waals surface area (Å²) in [6.45, 7) is 0.511. The van der Waals surface area contributed by atoms with Gasteiger partial charge in [0.25, 0.3) is 0 Å². The summed E-state index contributed by atoms with van der Waals surface area (Å²) in [6.07, 6.45) is 3.62. The molecular formula is C14H12FN3S. The fourth-order valence-electron chi connectivity index (χ4n) is 1.96.